The van der Waals surface area contributed by atoms with E-state index in [2.05, 4.69) is 0 Å². The number of amides is 1. The van der Waals surface area contributed by atoms with Gasteiger partial charge in [-0.15, -0.1) is 11.8 Å². The molecule has 0 spiro atoms. The van der Waals surface area contributed by atoms with Gasteiger partial charge in [-0.05, 0) is 36.6 Å². The summed E-state index contributed by atoms with van der Waals surface area (Å²) in [6, 6.07) is 12.1. The second kappa shape index (κ2) is 8.52. The van der Waals surface area contributed by atoms with Crippen LogP contribution in [0.15, 0.2) is 53.4 Å². The van der Waals surface area contributed by atoms with Gasteiger partial charge in [0.2, 0.25) is 5.91 Å². The highest BCUT2D eigenvalue weighted by atomic mass is 32.2. The van der Waals surface area contributed by atoms with Gasteiger partial charge in [0.05, 0.1) is 5.92 Å². The standard InChI is InChI=1S/C20H19F2NO3S/c21-15-6-7-16(22)17(12-15)27-18(13-4-2-1-3-5-13)19(24)23-10-8-14(9-11-23)20(25)26/h1-7,12,14,18H,8-11H2,(H,25,26). The number of carboxylic acids is 1. The highest BCUT2D eigenvalue weighted by Crippen LogP contribution is 2.39. The average Bonchev–Trinajstić information content (AvgIpc) is 2.69. The third kappa shape index (κ3) is 4.66. The molecule has 0 saturated carbocycles. The number of aliphatic carboxylic acids is 1. The smallest absolute Gasteiger partial charge is 0.306 e. The van der Waals surface area contributed by atoms with Crippen LogP contribution in [-0.4, -0.2) is 35.0 Å². The maximum atomic E-state index is 14.1. The van der Waals surface area contributed by atoms with Gasteiger partial charge in [0.15, 0.2) is 0 Å². The molecule has 4 nitrogen and oxygen atoms in total. The minimum Gasteiger partial charge on any atom is -0.481 e. The normalized spacial score (nSPS) is 16.1. The summed E-state index contributed by atoms with van der Waals surface area (Å²) in [5.74, 6) is -2.67. The molecule has 27 heavy (non-hydrogen) atoms. The van der Waals surface area contributed by atoms with Crippen molar-refractivity contribution in [2.45, 2.75) is 23.0 Å². The van der Waals surface area contributed by atoms with E-state index in [0.717, 1.165) is 30.0 Å². The SMILES string of the molecule is O=C(O)C1CCN(C(=O)C(Sc2cc(F)ccc2F)c2ccccc2)CC1. The Kier molecular flexibility index (Phi) is 6.11. The van der Waals surface area contributed by atoms with Gasteiger partial charge in [0.1, 0.15) is 16.9 Å². The number of hydrogen-bond donors (Lipinski definition) is 1. The molecule has 1 fully saturated rings. The Balaban J connectivity index is 1.83. The van der Waals surface area contributed by atoms with Gasteiger partial charge in [-0.1, -0.05) is 30.3 Å². The van der Waals surface area contributed by atoms with Crippen LogP contribution in [0.1, 0.15) is 23.7 Å². The van der Waals surface area contributed by atoms with Crippen molar-refractivity contribution >= 4 is 23.6 Å². The molecule has 1 saturated heterocycles. The lowest BCUT2D eigenvalue weighted by Crippen LogP contribution is -2.42. The Labute approximate surface area is 160 Å². The maximum Gasteiger partial charge on any atom is 0.306 e. The number of piperidine rings is 1. The molecule has 0 aromatic heterocycles. The maximum absolute atomic E-state index is 14.1. The molecule has 2 aromatic carbocycles. The van der Waals surface area contributed by atoms with E-state index in [9.17, 15) is 18.4 Å². The minimum absolute atomic E-state index is 0.0672. The van der Waals surface area contributed by atoms with Gasteiger partial charge < -0.3 is 10.0 Å². The molecule has 2 aromatic rings. The summed E-state index contributed by atoms with van der Waals surface area (Å²) in [6.45, 7) is 0.677. The largest absolute Gasteiger partial charge is 0.481 e. The zero-order valence-electron chi connectivity index (χ0n) is 14.5. The molecule has 0 aliphatic carbocycles. The molecule has 0 bridgehead atoms. The summed E-state index contributed by atoms with van der Waals surface area (Å²) < 4.78 is 27.7. The predicted molar refractivity (Wildman–Crippen MR) is 98.3 cm³/mol. The van der Waals surface area contributed by atoms with Crippen LogP contribution in [0.3, 0.4) is 0 Å². The molecule has 1 N–H and O–H groups in total. The lowest BCUT2D eigenvalue weighted by Gasteiger charge is -2.33. The molecule has 1 atom stereocenters. The molecule has 1 aliphatic heterocycles. The van der Waals surface area contributed by atoms with Crippen LogP contribution in [0.25, 0.3) is 0 Å². The summed E-state index contributed by atoms with van der Waals surface area (Å²) in [5, 5.41) is 8.38. The highest BCUT2D eigenvalue weighted by Gasteiger charge is 2.32. The Morgan fingerprint density at radius 1 is 1.07 bits per heavy atom. The quantitative estimate of drug-likeness (QED) is 0.779. The van der Waals surface area contributed by atoms with Crippen molar-refractivity contribution in [3.05, 3.63) is 65.7 Å². The molecule has 1 amide bonds. The van der Waals surface area contributed by atoms with Crippen molar-refractivity contribution in [1.82, 2.24) is 4.90 Å². The van der Waals surface area contributed by atoms with Gasteiger partial charge in [0.25, 0.3) is 0 Å². The van der Waals surface area contributed by atoms with E-state index in [4.69, 9.17) is 5.11 Å². The molecular formula is C20H19F2NO3S. The summed E-state index contributed by atoms with van der Waals surface area (Å²) in [5.41, 5.74) is 0.691. The number of halogens is 2. The first-order valence-corrected chi connectivity index (χ1v) is 9.52. The monoisotopic (exact) mass is 391 g/mol. The van der Waals surface area contributed by atoms with Gasteiger partial charge in [-0.2, -0.15) is 0 Å². The fraction of sp³-hybridized carbons (Fsp3) is 0.300. The van der Waals surface area contributed by atoms with Gasteiger partial charge in [-0.3, -0.25) is 9.59 Å². The number of carboxylic acid groups (broad SMARTS) is 1. The average molecular weight is 391 g/mol. The second-order valence-electron chi connectivity index (χ2n) is 6.42. The van der Waals surface area contributed by atoms with Gasteiger partial charge in [0, 0.05) is 18.0 Å². The third-order valence-corrected chi connectivity index (χ3v) is 5.90. The Morgan fingerprint density at radius 2 is 1.74 bits per heavy atom. The van der Waals surface area contributed by atoms with Gasteiger partial charge >= 0.3 is 5.97 Å². The first kappa shape index (κ1) is 19.4. The Morgan fingerprint density at radius 3 is 2.37 bits per heavy atom. The number of thioether (sulfide) groups is 1. The van der Waals surface area contributed by atoms with Crippen LogP contribution in [0.2, 0.25) is 0 Å². The van der Waals surface area contributed by atoms with Crippen LogP contribution in [0.5, 0.6) is 0 Å². The molecule has 3 rings (SSSR count). The highest BCUT2D eigenvalue weighted by molar-refractivity contribution is 8.00. The Bertz CT molecular complexity index is 823. The van der Waals surface area contributed by atoms with Crippen molar-refractivity contribution in [3.63, 3.8) is 0 Å². The second-order valence-corrected chi connectivity index (χ2v) is 7.57. The van der Waals surface area contributed by atoms with Crippen molar-refractivity contribution in [1.29, 1.82) is 0 Å². The van der Waals surface area contributed by atoms with Crippen molar-refractivity contribution < 1.29 is 23.5 Å². The molecule has 0 radical (unpaired) electrons. The van der Waals surface area contributed by atoms with E-state index in [1.54, 1.807) is 29.2 Å². The van der Waals surface area contributed by atoms with Crippen molar-refractivity contribution in [2.24, 2.45) is 5.92 Å². The molecule has 1 unspecified atom stereocenters. The lowest BCUT2D eigenvalue weighted by molar-refractivity contribution is -0.145. The van der Waals surface area contributed by atoms with E-state index < -0.39 is 28.8 Å². The van der Waals surface area contributed by atoms with Crippen LogP contribution >= 0.6 is 11.8 Å². The first-order valence-electron chi connectivity index (χ1n) is 8.64. The van der Waals surface area contributed by atoms with Crippen molar-refractivity contribution in [2.75, 3.05) is 13.1 Å². The Hall–Kier alpha value is -2.41. The molecule has 1 aliphatic rings. The molecule has 142 valence electrons. The predicted octanol–water partition coefficient (Wildman–Crippen LogP) is 4.12. The van der Waals surface area contributed by atoms with Crippen LogP contribution < -0.4 is 0 Å². The number of nitrogens with zero attached hydrogens (tertiary/aromatic N) is 1. The summed E-state index contributed by atoms with van der Waals surface area (Å²) in [6.07, 6.45) is 0.781. The van der Waals surface area contributed by atoms with Crippen molar-refractivity contribution in [3.8, 4) is 0 Å². The fourth-order valence-corrected chi connectivity index (χ4v) is 4.25. The van der Waals surface area contributed by atoms with E-state index >= 15 is 0 Å². The number of benzene rings is 2. The number of carbonyl (C=O) groups excluding carboxylic acids is 1. The summed E-state index contributed by atoms with van der Waals surface area (Å²) >= 11 is 0.969. The van der Waals surface area contributed by atoms with Crippen LogP contribution in [0, 0.1) is 17.6 Å². The van der Waals surface area contributed by atoms with E-state index in [0.29, 0.717) is 31.5 Å². The summed E-state index contributed by atoms with van der Waals surface area (Å²) in [4.78, 5) is 25.9. The third-order valence-electron chi connectivity index (χ3n) is 4.62. The van der Waals surface area contributed by atoms with E-state index in [1.807, 2.05) is 6.07 Å². The zero-order chi connectivity index (χ0) is 19.4. The van der Waals surface area contributed by atoms with E-state index in [-0.39, 0.29) is 10.8 Å². The number of rotatable bonds is 5. The topological polar surface area (TPSA) is 57.6 Å². The van der Waals surface area contributed by atoms with Crippen LogP contribution in [-0.2, 0) is 9.59 Å². The summed E-state index contributed by atoms with van der Waals surface area (Å²) in [7, 11) is 0. The zero-order valence-corrected chi connectivity index (χ0v) is 15.3. The van der Waals surface area contributed by atoms with Gasteiger partial charge in [-0.25, -0.2) is 8.78 Å². The van der Waals surface area contributed by atoms with Crippen LogP contribution in [0.4, 0.5) is 8.78 Å². The number of carbonyl (C=O) groups is 2. The fourth-order valence-electron chi connectivity index (χ4n) is 3.10. The molecule has 1 heterocycles. The first-order chi connectivity index (χ1) is 13.0. The van der Waals surface area contributed by atoms with E-state index in [1.165, 1.54) is 0 Å². The minimum atomic E-state index is -0.849. The number of hydrogen-bond acceptors (Lipinski definition) is 3. The number of likely N-dealkylation sites (tertiary alicyclic amines) is 1. The molecule has 7 heteroatoms. The lowest BCUT2D eigenvalue weighted by atomic mass is 9.96. The molecular weight excluding hydrogens is 372 g/mol.